The number of ether oxygens (including phenoxy) is 2. The number of thioether (sulfide) groups is 1. The molecule has 0 aromatic heterocycles. The highest BCUT2D eigenvalue weighted by atomic mass is 32.2. The van der Waals surface area contributed by atoms with Crippen molar-refractivity contribution in [2.75, 3.05) is 25.4 Å². The van der Waals surface area contributed by atoms with Gasteiger partial charge >= 0.3 is 5.97 Å². The van der Waals surface area contributed by atoms with Gasteiger partial charge in [-0.3, -0.25) is 9.59 Å². The summed E-state index contributed by atoms with van der Waals surface area (Å²) in [5, 5.41) is 2.30. The molecule has 2 atom stereocenters. The maximum Gasteiger partial charge on any atom is 0.316 e. The summed E-state index contributed by atoms with van der Waals surface area (Å²) in [5.41, 5.74) is 0. The summed E-state index contributed by atoms with van der Waals surface area (Å²) in [7, 11) is 0. The predicted octanol–water partition coefficient (Wildman–Crippen LogP) is 3.11. The normalized spacial score (nSPS) is 20.2. The number of morpholine rings is 1. The molecule has 0 spiro atoms. The molecule has 1 aliphatic heterocycles. The summed E-state index contributed by atoms with van der Waals surface area (Å²) in [6.45, 7) is 4.72. The van der Waals surface area contributed by atoms with Crippen LogP contribution in [0.25, 0.3) is 10.8 Å². The van der Waals surface area contributed by atoms with Crippen molar-refractivity contribution in [2.24, 2.45) is 0 Å². The monoisotopic (exact) mass is 373 g/mol. The summed E-state index contributed by atoms with van der Waals surface area (Å²) in [6.07, 6.45) is 0.00345. The fourth-order valence-corrected chi connectivity index (χ4v) is 3.80. The highest BCUT2D eigenvalue weighted by Gasteiger charge is 2.26. The van der Waals surface area contributed by atoms with E-state index >= 15 is 0 Å². The number of esters is 1. The van der Waals surface area contributed by atoms with Crippen LogP contribution in [-0.4, -0.2) is 54.4 Å². The summed E-state index contributed by atoms with van der Waals surface area (Å²) >= 11 is 1.41. The number of hydrogen-bond donors (Lipinski definition) is 0. The Morgan fingerprint density at radius 3 is 2.54 bits per heavy atom. The largest absolute Gasteiger partial charge is 0.455 e. The molecule has 0 unspecified atom stereocenters. The molecule has 1 fully saturated rings. The molecule has 26 heavy (non-hydrogen) atoms. The molecule has 3 rings (SSSR count). The molecule has 6 heteroatoms. The lowest BCUT2D eigenvalue weighted by atomic mass is 10.1. The summed E-state index contributed by atoms with van der Waals surface area (Å²) < 4.78 is 10.8. The minimum Gasteiger partial charge on any atom is -0.455 e. The Morgan fingerprint density at radius 1 is 1.12 bits per heavy atom. The second-order valence-corrected chi connectivity index (χ2v) is 7.56. The molecule has 0 N–H and O–H groups in total. The Balaban J connectivity index is 1.45. The Hall–Kier alpha value is -2.05. The molecule has 1 saturated heterocycles. The lowest BCUT2D eigenvalue weighted by molar-refractivity contribution is -0.155. The van der Waals surface area contributed by atoms with Gasteiger partial charge in [-0.1, -0.05) is 30.3 Å². The van der Waals surface area contributed by atoms with Crippen molar-refractivity contribution in [3.63, 3.8) is 0 Å². The SMILES string of the molecule is C[C@@H]1CN(C(=O)COC(=O)CSc2ccc3ccccc3c2)C[C@H](C)O1. The van der Waals surface area contributed by atoms with E-state index in [0.29, 0.717) is 13.1 Å². The van der Waals surface area contributed by atoms with Gasteiger partial charge < -0.3 is 14.4 Å². The van der Waals surface area contributed by atoms with E-state index in [9.17, 15) is 9.59 Å². The maximum absolute atomic E-state index is 12.2. The van der Waals surface area contributed by atoms with Gasteiger partial charge in [0.15, 0.2) is 6.61 Å². The van der Waals surface area contributed by atoms with Crippen LogP contribution in [-0.2, 0) is 19.1 Å². The van der Waals surface area contributed by atoms with E-state index in [0.717, 1.165) is 10.3 Å². The lowest BCUT2D eigenvalue weighted by Crippen LogP contribution is -2.49. The zero-order chi connectivity index (χ0) is 18.5. The summed E-state index contributed by atoms with van der Waals surface area (Å²) in [5.74, 6) is -0.372. The van der Waals surface area contributed by atoms with Gasteiger partial charge in [0.05, 0.1) is 18.0 Å². The van der Waals surface area contributed by atoms with Crippen molar-refractivity contribution in [3.05, 3.63) is 42.5 Å². The minimum absolute atomic E-state index is 0.00172. The highest BCUT2D eigenvalue weighted by molar-refractivity contribution is 8.00. The second-order valence-electron chi connectivity index (χ2n) is 6.51. The van der Waals surface area contributed by atoms with Gasteiger partial charge in [-0.15, -0.1) is 11.8 Å². The van der Waals surface area contributed by atoms with Gasteiger partial charge in [-0.05, 0) is 36.8 Å². The van der Waals surface area contributed by atoms with Crippen LogP contribution in [0.1, 0.15) is 13.8 Å². The van der Waals surface area contributed by atoms with E-state index in [2.05, 4.69) is 12.1 Å². The molecule has 1 amide bonds. The molecule has 0 saturated carbocycles. The van der Waals surface area contributed by atoms with E-state index in [1.54, 1.807) is 4.90 Å². The molecule has 0 radical (unpaired) electrons. The van der Waals surface area contributed by atoms with Gasteiger partial charge in [-0.25, -0.2) is 0 Å². The molecular weight excluding hydrogens is 350 g/mol. The van der Waals surface area contributed by atoms with Gasteiger partial charge in [0, 0.05) is 18.0 Å². The molecule has 138 valence electrons. The van der Waals surface area contributed by atoms with E-state index < -0.39 is 0 Å². The predicted molar refractivity (Wildman–Crippen MR) is 102 cm³/mol. The number of amides is 1. The molecule has 0 aliphatic carbocycles. The van der Waals surface area contributed by atoms with Crippen LogP contribution >= 0.6 is 11.8 Å². The minimum atomic E-state index is -0.383. The van der Waals surface area contributed by atoms with Gasteiger partial charge in [0.2, 0.25) is 0 Å². The van der Waals surface area contributed by atoms with Crippen LogP contribution in [0.5, 0.6) is 0 Å². The third-order valence-corrected chi connectivity index (χ3v) is 5.17. The highest BCUT2D eigenvalue weighted by Crippen LogP contribution is 2.23. The van der Waals surface area contributed by atoms with Crippen molar-refractivity contribution < 1.29 is 19.1 Å². The molecule has 2 aromatic rings. The van der Waals surface area contributed by atoms with Crippen molar-refractivity contribution in [3.8, 4) is 0 Å². The number of hydrogen-bond acceptors (Lipinski definition) is 5. The first-order valence-electron chi connectivity index (χ1n) is 8.72. The topological polar surface area (TPSA) is 55.8 Å². The van der Waals surface area contributed by atoms with Crippen LogP contribution < -0.4 is 0 Å². The van der Waals surface area contributed by atoms with Crippen LogP contribution in [0.3, 0.4) is 0 Å². The number of carbonyl (C=O) groups excluding carboxylic acids is 2. The third-order valence-electron chi connectivity index (χ3n) is 4.21. The quantitative estimate of drug-likeness (QED) is 0.595. The van der Waals surface area contributed by atoms with Crippen LogP contribution in [0, 0.1) is 0 Å². The number of rotatable bonds is 5. The standard InChI is InChI=1S/C20H23NO4S/c1-14-10-21(11-15(2)25-14)19(22)12-24-20(23)13-26-18-8-7-16-5-3-4-6-17(16)9-18/h3-9,14-15H,10-13H2,1-2H3/t14-,15+. The number of fused-ring (bicyclic) bond motifs is 1. The number of nitrogens with zero attached hydrogens (tertiary/aromatic N) is 1. The Kier molecular flexibility index (Phi) is 6.16. The average Bonchev–Trinajstić information content (AvgIpc) is 2.63. The first-order chi connectivity index (χ1) is 12.5. The van der Waals surface area contributed by atoms with Crippen LogP contribution in [0.2, 0.25) is 0 Å². The Bertz CT molecular complexity index is 784. The van der Waals surface area contributed by atoms with Gasteiger partial charge in [0.25, 0.3) is 5.91 Å². The smallest absolute Gasteiger partial charge is 0.316 e. The number of benzene rings is 2. The number of carbonyl (C=O) groups is 2. The lowest BCUT2D eigenvalue weighted by Gasteiger charge is -2.35. The van der Waals surface area contributed by atoms with Crippen molar-refractivity contribution in [2.45, 2.75) is 31.0 Å². The van der Waals surface area contributed by atoms with Gasteiger partial charge in [0.1, 0.15) is 0 Å². The first kappa shape index (κ1) is 18.7. The van der Waals surface area contributed by atoms with E-state index in [1.807, 2.05) is 44.2 Å². The molecule has 1 aliphatic rings. The molecule has 0 bridgehead atoms. The van der Waals surface area contributed by atoms with E-state index in [1.165, 1.54) is 17.1 Å². The van der Waals surface area contributed by atoms with Crippen molar-refractivity contribution in [1.82, 2.24) is 4.90 Å². The van der Waals surface area contributed by atoms with Crippen LogP contribution in [0.4, 0.5) is 0 Å². The van der Waals surface area contributed by atoms with Crippen LogP contribution in [0.15, 0.2) is 47.4 Å². The van der Waals surface area contributed by atoms with Crippen molar-refractivity contribution >= 4 is 34.4 Å². The third kappa shape index (κ3) is 4.99. The van der Waals surface area contributed by atoms with E-state index in [4.69, 9.17) is 9.47 Å². The summed E-state index contributed by atoms with van der Waals surface area (Å²) in [4.78, 5) is 26.9. The molecule has 1 heterocycles. The molecule has 2 aromatic carbocycles. The Morgan fingerprint density at radius 2 is 1.81 bits per heavy atom. The molecular formula is C20H23NO4S. The molecule has 5 nitrogen and oxygen atoms in total. The zero-order valence-electron chi connectivity index (χ0n) is 15.0. The van der Waals surface area contributed by atoms with Crippen molar-refractivity contribution in [1.29, 1.82) is 0 Å². The summed E-state index contributed by atoms with van der Waals surface area (Å²) in [6, 6.07) is 14.2. The fraction of sp³-hybridized carbons (Fsp3) is 0.400. The second kappa shape index (κ2) is 8.56. The Labute approximate surface area is 157 Å². The van der Waals surface area contributed by atoms with E-state index in [-0.39, 0.29) is 36.4 Å². The zero-order valence-corrected chi connectivity index (χ0v) is 15.8. The fourth-order valence-electron chi connectivity index (χ4n) is 3.06. The maximum atomic E-state index is 12.2. The van der Waals surface area contributed by atoms with Gasteiger partial charge in [-0.2, -0.15) is 0 Å². The first-order valence-corrected chi connectivity index (χ1v) is 9.70. The average molecular weight is 373 g/mol.